The van der Waals surface area contributed by atoms with E-state index in [1.807, 2.05) is 32.9 Å². The number of nitrogens with zero attached hydrogens (tertiary/aromatic N) is 3. The van der Waals surface area contributed by atoms with Crippen LogP contribution in [0.15, 0.2) is 12.1 Å². The topological polar surface area (TPSA) is 69.0 Å². The molecule has 0 aromatic carbocycles. The molecule has 0 unspecified atom stereocenters. The Morgan fingerprint density at radius 1 is 1.38 bits per heavy atom. The van der Waals surface area contributed by atoms with E-state index in [1.54, 1.807) is 7.11 Å². The third-order valence-electron chi connectivity index (χ3n) is 4.87. The summed E-state index contributed by atoms with van der Waals surface area (Å²) < 4.78 is 7.48. The summed E-state index contributed by atoms with van der Waals surface area (Å²) in [4.78, 5) is 21.6. The Bertz CT molecular complexity index is 747. The number of hydrogen-bond acceptors (Lipinski definition) is 4. The number of hydrogen-bond donors (Lipinski definition) is 1. The Morgan fingerprint density at radius 2 is 2.12 bits per heavy atom. The smallest absolute Gasteiger partial charge is 0.226 e. The number of rotatable bonds is 6. The van der Waals surface area contributed by atoms with Crippen LogP contribution in [0, 0.1) is 6.92 Å². The van der Waals surface area contributed by atoms with Crippen LogP contribution in [-0.4, -0.2) is 33.2 Å². The van der Waals surface area contributed by atoms with Gasteiger partial charge in [-0.2, -0.15) is 0 Å². The summed E-state index contributed by atoms with van der Waals surface area (Å²) in [5, 5.41) is 2.98. The summed E-state index contributed by atoms with van der Waals surface area (Å²) in [5.41, 5.74) is 2.36. The SMILES string of the molecule is COC(C)(C)CCC(=O)Nc1nc2ccc(C)nc2n1C1CCC1. The molecule has 0 bridgehead atoms. The summed E-state index contributed by atoms with van der Waals surface area (Å²) in [6, 6.07) is 4.30. The zero-order valence-electron chi connectivity index (χ0n) is 14.9. The minimum atomic E-state index is -0.301. The first-order chi connectivity index (χ1) is 11.4. The molecule has 0 atom stereocenters. The molecule has 0 spiro atoms. The lowest BCUT2D eigenvalue weighted by atomic mass is 9.93. The number of imidazole rings is 1. The van der Waals surface area contributed by atoms with E-state index in [-0.39, 0.29) is 11.5 Å². The van der Waals surface area contributed by atoms with Crippen molar-refractivity contribution in [3.05, 3.63) is 17.8 Å². The normalized spacial score (nSPS) is 15.5. The van der Waals surface area contributed by atoms with Crippen LogP contribution in [0.5, 0.6) is 0 Å². The van der Waals surface area contributed by atoms with Crippen molar-refractivity contribution in [3.63, 3.8) is 0 Å². The van der Waals surface area contributed by atoms with Crippen molar-refractivity contribution in [2.24, 2.45) is 0 Å². The highest BCUT2D eigenvalue weighted by atomic mass is 16.5. The first-order valence-electron chi connectivity index (χ1n) is 8.60. The van der Waals surface area contributed by atoms with Gasteiger partial charge in [-0.05, 0) is 58.6 Å². The highest BCUT2D eigenvalue weighted by Gasteiger charge is 2.26. The molecule has 1 saturated carbocycles. The average Bonchev–Trinajstić information content (AvgIpc) is 2.82. The molecule has 0 aliphatic heterocycles. The van der Waals surface area contributed by atoms with Crippen LogP contribution in [-0.2, 0) is 9.53 Å². The standard InChI is InChI=1S/C18H26N4O2/c1-12-8-9-14-16(19-12)22(13-6-5-7-13)17(20-14)21-15(23)10-11-18(2,3)24-4/h8-9,13H,5-7,10-11H2,1-4H3,(H,20,21,23). The second-order valence-corrected chi connectivity index (χ2v) is 7.20. The molecule has 24 heavy (non-hydrogen) atoms. The zero-order valence-corrected chi connectivity index (χ0v) is 14.9. The molecular weight excluding hydrogens is 304 g/mol. The van der Waals surface area contributed by atoms with E-state index in [2.05, 4.69) is 19.9 Å². The third kappa shape index (κ3) is 3.43. The number of carbonyl (C=O) groups excluding carboxylic acids is 1. The molecule has 1 aliphatic rings. The van der Waals surface area contributed by atoms with E-state index < -0.39 is 0 Å². The van der Waals surface area contributed by atoms with Gasteiger partial charge < -0.3 is 4.74 Å². The number of pyridine rings is 1. The van der Waals surface area contributed by atoms with Crippen molar-refractivity contribution < 1.29 is 9.53 Å². The molecular formula is C18H26N4O2. The van der Waals surface area contributed by atoms with Gasteiger partial charge in [-0.25, -0.2) is 9.97 Å². The van der Waals surface area contributed by atoms with Gasteiger partial charge in [0, 0.05) is 25.3 Å². The number of methoxy groups -OCH3 is 1. The predicted octanol–water partition coefficient (Wildman–Crippen LogP) is 3.61. The van der Waals surface area contributed by atoms with Gasteiger partial charge in [-0.15, -0.1) is 0 Å². The van der Waals surface area contributed by atoms with Crippen LogP contribution in [0.25, 0.3) is 11.2 Å². The Balaban J connectivity index is 1.82. The molecule has 3 rings (SSSR count). The van der Waals surface area contributed by atoms with E-state index in [4.69, 9.17) is 4.74 Å². The van der Waals surface area contributed by atoms with Crippen molar-refractivity contribution in [1.29, 1.82) is 0 Å². The zero-order chi connectivity index (χ0) is 17.3. The largest absolute Gasteiger partial charge is 0.379 e. The highest BCUT2D eigenvalue weighted by molar-refractivity contribution is 5.91. The summed E-state index contributed by atoms with van der Waals surface area (Å²) in [5.74, 6) is 0.584. The van der Waals surface area contributed by atoms with E-state index in [1.165, 1.54) is 6.42 Å². The monoisotopic (exact) mass is 330 g/mol. The average molecular weight is 330 g/mol. The number of amides is 1. The Kier molecular flexibility index (Phi) is 4.58. The third-order valence-corrected chi connectivity index (χ3v) is 4.87. The van der Waals surface area contributed by atoms with Crippen LogP contribution in [0.4, 0.5) is 5.95 Å². The molecule has 1 fully saturated rings. The molecule has 6 heteroatoms. The molecule has 1 amide bonds. The predicted molar refractivity (Wildman–Crippen MR) is 94.1 cm³/mol. The van der Waals surface area contributed by atoms with Crippen molar-refractivity contribution in [2.45, 2.75) is 64.5 Å². The fourth-order valence-electron chi connectivity index (χ4n) is 2.85. The van der Waals surface area contributed by atoms with E-state index >= 15 is 0 Å². The molecule has 2 aromatic heterocycles. The molecule has 2 aromatic rings. The Morgan fingerprint density at radius 3 is 2.75 bits per heavy atom. The molecule has 0 radical (unpaired) electrons. The van der Waals surface area contributed by atoms with Crippen LogP contribution in [0.3, 0.4) is 0 Å². The number of anilines is 1. The van der Waals surface area contributed by atoms with Crippen molar-refractivity contribution in [2.75, 3.05) is 12.4 Å². The molecule has 6 nitrogen and oxygen atoms in total. The van der Waals surface area contributed by atoms with Crippen LogP contribution in [0.2, 0.25) is 0 Å². The van der Waals surface area contributed by atoms with Crippen LogP contribution >= 0.6 is 0 Å². The molecule has 0 saturated heterocycles. The number of aromatic nitrogens is 3. The lowest BCUT2D eigenvalue weighted by Crippen LogP contribution is -2.26. The number of fused-ring (bicyclic) bond motifs is 1. The first-order valence-corrected chi connectivity index (χ1v) is 8.60. The Labute approximate surface area is 142 Å². The Hall–Kier alpha value is -1.95. The van der Waals surface area contributed by atoms with Gasteiger partial charge in [-0.1, -0.05) is 0 Å². The maximum atomic E-state index is 12.4. The van der Waals surface area contributed by atoms with Gasteiger partial charge >= 0.3 is 0 Å². The van der Waals surface area contributed by atoms with Crippen molar-refractivity contribution in [1.82, 2.24) is 14.5 Å². The lowest BCUT2D eigenvalue weighted by Gasteiger charge is -2.28. The minimum Gasteiger partial charge on any atom is -0.379 e. The van der Waals surface area contributed by atoms with Gasteiger partial charge in [0.1, 0.15) is 5.52 Å². The maximum Gasteiger partial charge on any atom is 0.226 e. The quantitative estimate of drug-likeness (QED) is 0.878. The summed E-state index contributed by atoms with van der Waals surface area (Å²) in [7, 11) is 1.67. The fraction of sp³-hybridized carbons (Fsp3) is 0.611. The minimum absolute atomic E-state index is 0.0345. The van der Waals surface area contributed by atoms with Crippen molar-refractivity contribution in [3.8, 4) is 0 Å². The molecule has 1 aliphatic carbocycles. The number of nitrogens with one attached hydrogen (secondary N) is 1. The van der Waals surface area contributed by atoms with Crippen molar-refractivity contribution >= 4 is 23.0 Å². The van der Waals surface area contributed by atoms with Gasteiger partial charge in [0.2, 0.25) is 11.9 Å². The highest BCUT2D eigenvalue weighted by Crippen LogP contribution is 2.36. The molecule has 1 N–H and O–H groups in total. The van der Waals surface area contributed by atoms with E-state index in [9.17, 15) is 4.79 Å². The van der Waals surface area contributed by atoms with Gasteiger partial charge in [0.15, 0.2) is 5.65 Å². The lowest BCUT2D eigenvalue weighted by molar-refractivity contribution is -0.117. The summed E-state index contributed by atoms with van der Waals surface area (Å²) >= 11 is 0. The first kappa shape index (κ1) is 16.9. The van der Waals surface area contributed by atoms with E-state index in [0.717, 1.165) is 29.7 Å². The second-order valence-electron chi connectivity index (χ2n) is 7.20. The number of aryl methyl sites for hydroxylation is 1. The van der Waals surface area contributed by atoms with Crippen LogP contribution in [0.1, 0.15) is 57.7 Å². The summed E-state index contributed by atoms with van der Waals surface area (Å²) in [6.45, 7) is 5.94. The van der Waals surface area contributed by atoms with Gasteiger partial charge in [-0.3, -0.25) is 14.7 Å². The van der Waals surface area contributed by atoms with Crippen LogP contribution < -0.4 is 5.32 Å². The summed E-state index contributed by atoms with van der Waals surface area (Å²) in [6.07, 6.45) is 4.50. The number of ether oxygens (including phenoxy) is 1. The van der Waals surface area contributed by atoms with Gasteiger partial charge in [0.05, 0.1) is 5.60 Å². The molecule has 130 valence electrons. The van der Waals surface area contributed by atoms with E-state index in [0.29, 0.717) is 24.8 Å². The fourth-order valence-corrected chi connectivity index (χ4v) is 2.85. The number of carbonyl (C=O) groups is 1. The van der Waals surface area contributed by atoms with Gasteiger partial charge in [0.25, 0.3) is 0 Å². The molecule has 2 heterocycles. The second kappa shape index (κ2) is 6.51. The maximum absolute atomic E-state index is 12.4.